The standard InChI is InChI=1S/C15H16ClN3O3/c1-10-4-2-5-13(20)19(10)7-3-6-17-14(21)11-8-12(16)15(22)18-9-11/h2,4-5,8-9H,3,6-7H2,1H3,(H,17,21)(H,18,22). The van der Waals surface area contributed by atoms with Gasteiger partial charge < -0.3 is 14.9 Å². The summed E-state index contributed by atoms with van der Waals surface area (Å²) in [5.74, 6) is -0.324. The van der Waals surface area contributed by atoms with Crippen LogP contribution in [0.25, 0.3) is 0 Å². The van der Waals surface area contributed by atoms with Gasteiger partial charge in [-0.05, 0) is 25.5 Å². The Kier molecular flexibility index (Phi) is 5.16. The SMILES string of the molecule is Cc1cccc(=O)n1CCCNC(=O)c1c[nH]c(=O)c(Cl)c1. The van der Waals surface area contributed by atoms with Gasteiger partial charge in [0.25, 0.3) is 17.0 Å². The number of H-pyrrole nitrogens is 1. The molecule has 0 bridgehead atoms. The molecule has 0 atom stereocenters. The fourth-order valence-corrected chi connectivity index (χ4v) is 2.21. The summed E-state index contributed by atoms with van der Waals surface area (Å²) in [7, 11) is 0. The first kappa shape index (κ1) is 16.0. The number of halogens is 1. The van der Waals surface area contributed by atoms with Gasteiger partial charge in [0.15, 0.2) is 0 Å². The Hall–Kier alpha value is -2.34. The van der Waals surface area contributed by atoms with Crippen LogP contribution >= 0.6 is 11.6 Å². The lowest BCUT2D eigenvalue weighted by Gasteiger charge is -2.10. The van der Waals surface area contributed by atoms with Gasteiger partial charge in [0.2, 0.25) is 0 Å². The molecule has 2 aromatic heterocycles. The number of nitrogens with zero attached hydrogens (tertiary/aromatic N) is 1. The van der Waals surface area contributed by atoms with E-state index in [9.17, 15) is 14.4 Å². The highest BCUT2D eigenvalue weighted by Gasteiger charge is 2.07. The van der Waals surface area contributed by atoms with Crippen molar-refractivity contribution in [1.29, 1.82) is 0 Å². The van der Waals surface area contributed by atoms with Crippen LogP contribution in [0.1, 0.15) is 22.5 Å². The number of carbonyl (C=O) groups is 1. The lowest BCUT2D eigenvalue weighted by Crippen LogP contribution is -2.28. The molecule has 0 aliphatic heterocycles. The molecule has 0 unspecified atom stereocenters. The highest BCUT2D eigenvalue weighted by atomic mass is 35.5. The van der Waals surface area contributed by atoms with Gasteiger partial charge in [-0.15, -0.1) is 0 Å². The molecule has 0 spiro atoms. The number of carbonyl (C=O) groups excluding carboxylic acids is 1. The molecular formula is C15H16ClN3O3. The number of aromatic nitrogens is 2. The number of hydrogen-bond acceptors (Lipinski definition) is 3. The third kappa shape index (κ3) is 3.85. The Balaban J connectivity index is 1.88. The first-order chi connectivity index (χ1) is 10.5. The van der Waals surface area contributed by atoms with Crippen LogP contribution in [0.15, 0.2) is 40.1 Å². The van der Waals surface area contributed by atoms with Crippen LogP contribution in [0, 0.1) is 6.92 Å². The largest absolute Gasteiger partial charge is 0.352 e. The summed E-state index contributed by atoms with van der Waals surface area (Å²) in [4.78, 5) is 37.1. The number of amides is 1. The highest BCUT2D eigenvalue weighted by Crippen LogP contribution is 2.03. The number of aryl methyl sites for hydroxylation is 1. The van der Waals surface area contributed by atoms with Crippen LogP contribution in [-0.2, 0) is 6.54 Å². The summed E-state index contributed by atoms with van der Waals surface area (Å²) >= 11 is 5.67. The van der Waals surface area contributed by atoms with Crippen molar-refractivity contribution in [1.82, 2.24) is 14.9 Å². The van der Waals surface area contributed by atoms with Gasteiger partial charge in [-0.25, -0.2) is 0 Å². The van der Waals surface area contributed by atoms with E-state index >= 15 is 0 Å². The van der Waals surface area contributed by atoms with E-state index in [2.05, 4.69) is 10.3 Å². The first-order valence-electron chi connectivity index (χ1n) is 6.82. The molecule has 2 N–H and O–H groups in total. The fourth-order valence-electron chi connectivity index (χ4n) is 2.04. The minimum atomic E-state index is -0.433. The number of aromatic amines is 1. The molecule has 0 fully saturated rings. The fraction of sp³-hybridized carbons (Fsp3) is 0.267. The van der Waals surface area contributed by atoms with E-state index in [4.69, 9.17) is 11.6 Å². The molecule has 0 saturated heterocycles. The van der Waals surface area contributed by atoms with Crippen LogP contribution in [0.4, 0.5) is 0 Å². The zero-order valence-electron chi connectivity index (χ0n) is 12.1. The van der Waals surface area contributed by atoms with Gasteiger partial charge in [0.05, 0.1) is 5.56 Å². The second-order valence-electron chi connectivity index (χ2n) is 4.83. The van der Waals surface area contributed by atoms with Crippen molar-refractivity contribution in [3.05, 3.63) is 67.4 Å². The predicted octanol–water partition coefficient (Wildman–Crippen LogP) is 1.32. The lowest BCUT2D eigenvalue weighted by molar-refractivity contribution is 0.0952. The van der Waals surface area contributed by atoms with Gasteiger partial charge >= 0.3 is 0 Å². The number of rotatable bonds is 5. The molecule has 116 valence electrons. The Labute approximate surface area is 131 Å². The monoisotopic (exact) mass is 321 g/mol. The molecule has 0 radical (unpaired) electrons. The molecule has 2 aromatic rings. The summed E-state index contributed by atoms with van der Waals surface area (Å²) in [6.07, 6.45) is 1.93. The number of pyridine rings is 2. The Morgan fingerprint density at radius 2 is 2.14 bits per heavy atom. The third-order valence-corrected chi connectivity index (χ3v) is 3.51. The molecule has 7 heteroatoms. The number of nitrogens with one attached hydrogen (secondary N) is 2. The molecular weight excluding hydrogens is 306 g/mol. The smallest absolute Gasteiger partial charge is 0.266 e. The third-order valence-electron chi connectivity index (χ3n) is 3.23. The van der Waals surface area contributed by atoms with E-state index in [0.29, 0.717) is 19.5 Å². The maximum Gasteiger partial charge on any atom is 0.266 e. The first-order valence-corrected chi connectivity index (χ1v) is 7.20. The van der Waals surface area contributed by atoms with Crippen molar-refractivity contribution in [3.63, 3.8) is 0 Å². The van der Waals surface area contributed by atoms with Gasteiger partial charge in [0, 0.05) is 31.0 Å². The minimum Gasteiger partial charge on any atom is -0.352 e. The Bertz CT molecular complexity index is 795. The van der Waals surface area contributed by atoms with Gasteiger partial charge in [0.1, 0.15) is 5.02 Å². The van der Waals surface area contributed by atoms with Crippen molar-refractivity contribution in [3.8, 4) is 0 Å². The topological polar surface area (TPSA) is 84.0 Å². The maximum absolute atomic E-state index is 11.9. The number of hydrogen-bond donors (Lipinski definition) is 2. The van der Waals surface area contributed by atoms with E-state index < -0.39 is 5.56 Å². The van der Waals surface area contributed by atoms with Crippen LogP contribution in [0.3, 0.4) is 0 Å². The van der Waals surface area contributed by atoms with E-state index in [1.165, 1.54) is 18.3 Å². The highest BCUT2D eigenvalue weighted by molar-refractivity contribution is 6.30. The molecule has 0 aliphatic carbocycles. The summed E-state index contributed by atoms with van der Waals surface area (Å²) in [5.41, 5.74) is 0.680. The van der Waals surface area contributed by atoms with Gasteiger partial charge in [-0.1, -0.05) is 17.7 Å². The average molecular weight is 322 g/mol. The van der Waals surface area contributed by atoms with E-state index in [-0.39, 0.29) is 22.1 Å². The van der Waals surface area contributed by atoms with E-state index in [0.717, 1.165) is 5.69 Å². The van der Waals surface area contributed by atoms with Crippen LogP contribution in [-0.4, -0.2) is 22.0 Å². The maximum atomic E-state index is 11.9. The molecule has 2 rings (SSSR count). The second kappa shape index (κ2) is 7.09. The molecule has 1 amide bonds. The molecule has 22 heavy (non-hydrogen) atoms. The van der Waals surface area contributed by atoms with Crippen molar-refractivity contribution in [2.24, 2.45) is 0 Å². The van der Waals surface area contributed by atoms with Gasteiger partial charge in [-0.3, -0.25) is 14.4 Å². The molecule has 2 heterocycles. The van der Waals surface area contributed by atoms with Crippen LogP contribution in [0.2, 0.25) is 5.02 Å². The Morgan fingerprint density at radius 1 is 1.36 bits per heavy atom. The van der Waals surface area contributed by atoms with Crippen molar-refractivity contribution in [2.75, 3.05) is 6.54 Å². The molecule has 0 aliphatic rings. The molecule has 0 saturated carbocycles. The molecule has 0 aromatic carbocycles. The quantitative estimate of drug-likeness (QED) is 0.815. The summed E-state index contributed by atoms with van der Waals surface area (Å²) in [6.45, 7) is 2.80. The molecule has 6 nitrogen and oxygen atoms in total. The van der Waals surface area contributed by atoms with Crippen molar-refractivity contribution >= 4 is 17.5 Å². The normalized spacial score (nSPS) is 10.5. The lowest BCUT2D eigenvalue weighted by atomic mass is 10.2. The van der Waals surface area contributed by atoms with Crippen molar-refractivity contribution < 1.29 is 4.79 Å². The summed E-state index contributed by atoms with van der Waals surface area (Å²) < 4.78 is 1.66. The Morgan fingerprint density at radius 3 is 2.82 bits per heavy atom. The van der Waals surface area contributed by atoms with Gasteiger partial charge in [-0.2, -0.15) is 0 Å². The minimum absolute atomic E-state index is 0.0286. The zero-order chi connectivity index (χ0) is 16.1. The second-order valence-corrected chi connectivity index (χ2v) is 5.24. The van der Waals surface area contributed by atoms with E-state index in [1.807, 2.05) is 13.0 Å². The van der Waals surface area contributed by atoms with Crippen LogP contribution < -0.4 is 16.4 Å². The van der Waals surface area contributed by atoms with E-state index in [1.54, 1.807) is 10.6 Å². The van der Waals surface area contributed by atoms with Crippen LogP contribution in [0.5, 0.6) is 0 Å². The average Bonchev–Trinajstić information content (AvgIpc) is 2.48. The predicted molar refractivity (Wildman–Crippen MR) is 84.5 cm³/mol. The summed E-state index contributed by atoms with van der Waals surface area (Å²) in [6, 6.07) is 6.41. The zero-order valence-corrected chi connectivity index (χ0v) is 12.8. The summed E-state index contributed by atoms with van der Waals surface area (Å²) in [5, 5.41) is 2.69. The van der Waals surface area contributed by atoms with Crippen molar-refractivity contribution in [2.45, 2.75) is 19.9 Å².